The number of benzene rings is 1. The molecule has 0 aliphatic carbocycles. The van der Waals surface area contributed by atoms with E-state index in [-0.39, 0.29) is 11.9 Å². The minimum atomic E-state index is -0.0255. The van der Waals surface area contributed by atoms with Crippen molar-refractivity contribution in [3.8, 4) is 10.4 Å². The summed E-state index contributed by atoms with van der Waals surface area (Å²) < 4.78 is 5.04. The molecule has 136 valence electrons. The SMILES string of the molecule is COCC(C)NC(=O)CSc1nc(C)nc2sc(-c3ccccc3)cc12. The first-order chi connectivity index (χ1) is 12.6. The van der Waals surface area contributed by atoms with Crippen LogP contribution in [0, 0.1) is 6.92 Å². The third kappa shape index (κ3) is 4.60. The predicted molar refractivity (Wildman–Crippen MR) is 108 cm³/mol. The summed E-state index contributed by atoms with van der Waals surface area (Å²) in [4.78, 5) is 23.3. The molecule has 0 saturated carbocycles. The van der Waals surface area contributed by atoms with Gasteiger partial charge < -0.3 is 10.1 Å². The molecule has 1 unspecified atom stereocenters. The number of carbonyl (C=O) groups excluding carboxylic acids is 1. The second-order valence-corrected chi connectivity index (χ2v) is 7.98. The first kappa shape index (κ1) is 18.8. The average Bonchev–Trinajstić information content (AvgIpc) is 3.04. The molecule has 0 aliphatic heterocycles. The highest BCUT2D eigenvalue weighted by molar-refractivity contribution is 8.00. The van der Waals surface area contributed by atoms with Gasteiger partial charge in [-0.1, -0.05) is 42.1 Å². The maximum atomic E-state index is 12.1. The van der Waals surface area contributed by atoms with E-state index < -0.39 is 0 Å². The fourth-order valence-electron chi connectivity index (χ4n) is 2.59. The number of methoxy groups -OCH3 is 1. The van der Waals surface area contributed by atoms with E-state index in [1.807, 2.05) is 32.0 Å². The number of amides is 1. The molecule has 3 rings (SSSR count). The minimum absolute atomic E-state index is 0.00825. The molecule has 2 heterocycles. The van der Waals surface area contributed by atoms with E-state index in [4.69, 9.17) is 4.74 Å². The summed E-state index contributed by atoms with van der Waals surface area (Å²) in [5.41, 5.74) is 1.16. The highest BCUT2D eigenvalue weighted by Crippen LogP contribution is 2.36. The number of aromatic nitrogens is 2. The van der Waals surface area contributed by atoms with Crippen molar-refractivity contribution in [1.29, 1.82) is 0 Å². The molecule has 0 aliphatic rings. The first-order valence-corrected chi connectivity index (χ1v) is 10.1. The molecule has 2 aromatic heterocycles. The number of thioether (sulfide) groups is 1. The molecule has 1 atom stereocenters. The van der Waals surface area contributed by atoms with Crippen LogP contribution in [0.3, 0.4) is 0 Å². The molecule has 7 heteroatoms. The Kier molecular flexibility index (Phi) is 6.24. The van der Waals surface area contributed by atoms with Gasteiger partial charge in [0.25, 0.3) is 0 Å². The number of hydrogen-bond donors (Lipinski definition) is 1. The molecule has 0 saturated heterocycles. The van der Waals surface area contributed by atoms with Gasteiger partial charge in [-0.2, -0.15) is 0 Å². The standard InChI is InChI=1S/C19H21N3O2S2/c1-12(10-24-3)20-17(23)11-25-18-15-9-16(14-7-5-4-6-8-14)26-19(15)22-13(2)21-18/h4-9,12H,10-11H2,1-3H3,(H,20,23). The van der Waals surface area contributed by atoms with Gasteiger partial charge in [-0.15, -0.1) is 11.3 Å². The zero-order valence-electron chi connectivity index (χ0n) is 15.0. The van der Waals surface area contributed by atoms with Crippen molar-refractivity contribution in [3.05, 3.63) is 42.2 Å². The molecular formula is C19H21N3O2S2. The topological polar surface area (TPSA) is 64.1 Å². The summed E-state index contributed by atoms with van der Waals surface area (Å²) in [5.74, 6) is 1.01. The number of rotatable bonds is 7. The van der Waals surface area contributed by atoms with E-state index in [1.54, 1.807) is 18.4 Å². The van der Waals surface area contributed by atoms with Crippen LogP contribution in [-0.2, 0) is 9.53 Å². The van der Waals surface area contributed by atoms with Crippen molar-refractivity contribution < 1.29 is 9.53 Å². The number of ether oxygens (including phenoxy) is 1. The maximum absolute atomic E-state index is 12.1. The van der Waals surface area contributed by atoms with Gasteiger partial charge in [0.15, 0.2) is 0 Å². The van der Waals surface area contributed by atoms with Crippen LogP contribution in [0.5, 0.6) is 0 Å². The number of fused-ring (bicyclic) bond motifs is 1. The average molecular weight is 388 g/mol. The lowest BCUT2D eigenvalue weighted by Crippen LogP contribution is -2.36. The maximum Gasteiger partial charge on any atom is 0.230 e. The molecule has 1 N–H and O–H groups in total. The van der Waals surface area contributed by atoms with E-state index in [9.17, 15) is 4.79 Å². The molecule has 1 amide bonds. The van der Waals surface area contributed by atoms with Gasteiger partial charge in [-0.05, 0) is 25.5 Å². The lowest BCUT2D eigenvalue weighted by molar-refractivity contribution is -0.119. The van der Waals surface area contributed by atoms with Crippen LogP contribution in [0.4, 0.5) is 0 Å². The Bertz CT molecular complexity index is 896. The molecule has 1 aromatic carbocycles. The van der Waals surface area contributed by atoms with Gasteiger partial charge in [0.2, 0.25) is 5.91 Å². The van der Waals surface area contributed by atoms with Gasteiger partial charge in [0.1, 0.15) is 15.7 Å². The van der Waals surface area contributed by atoms with E-state index in [1.165, 1.54) is 11.8 Å². The van der Waals surface area contributed by atoms with Crippen molar-refractivity contribution in [2.45, 2.75) is 24.9 Å². The summed E-state index contributed by atoms with van der Waals surface area (Å²) in [6.45, 7) is 4.30. The van der Waals surface area contributed by atoms with Crippen LogP contribution in [0.2, 0.25) is 0 Å². The Morgan fingerprint density at radius 2 is 2.08 bits per heavy atom. The lowest BCUT2D eigenvalue weighted by atomic mass is 10.2. The summed E-state index contributed by atoms with van der Waals surface area (Å²) in [7, 11) is 1.62. The highest BCUT2D eigenvalue weighted by atomic mass is 32.2. The third-order valence-electron chi connectivity index (χ3n) is 3.69. The highest BCUT2D eigenvalue weighted by Gasteiger charge is 2.14. The minimum Gasteiger partial charge on any atom is -0.383 e. The van der Waals surface area contributed by atoms with Gasteiger partial charge in [-0.25, -0.2) is 9.97 Å². The third-order valence-corrected chi connectivity index (χ3v) is 5.76. The molecule has 26 heavy (non-hydrogen) atoms. The van der Waals surface area contributed by atoms with Crippen molar-refractivity contribution in [3.63, 3.8) is 0 Å². The second-order valence-electron chi connectivity index (χ2n) is 5.98. The number of aryl methyl sites for hydroxylation is 1. The first-order valence-electron chi connectivity index (χ1n) is 8.31. The molecule has 0 radical (unpaired) electrons. The summed E-state index contributed by atoms with van der Waals surface area (Å²) in [6.07, 6.45) is 0. The number of hydrogen-bond acceptors (Lipinski definition) is 6. The lowest BCUT2D eigenvalue weighted by Gasteiger charge is -2.12. The van der Waals surface area contributed by atoms with E-state index in [0.29, 0.717) is 12.4 Å². The van der Waals surface area contributed by atoms with Gasteiger partial charge in [-0.3, -0.25) is 4.79 Å². The van der Waals surface area contributed by atoms with Gasteiger partial charge in [0, 0.05) is 23.4 Å². The molecule has 0 spiro atoms. The van der Waals surface area contributed by atoms with Crippen molar-refractivity contribution >= 4 is 39.2 Å². The fraction of sp³-hybridized carbons (Fsp3) is 0.316. The normalized spacial score (nSPS) is 12.3. The summed E-state index contributed by atoms with van der Waals surface area (Å²) in [6, 6.07) is 12.3. The number of nitrogens with zero attached hydrogens (tertiary/aromatic N) is 2. The quantitative estimate of drug-likeness (QED) is 0.492. The number of thiophene rings is 1. The van der Waals surface area contributed by atoms with Crippen LogP contribution in [0.1, 0.15) is 12.7 Å². The summed E-state index contributed by atoms with van der Waals surface area (Å²) in [5, 5.41) is 4.77. The summed E-state index contributed by atoms with van der Waals surface area (Å²) >= 11 is 3.09. The van der Waals surface area contributed by atoms with Crippen molar-refractivity contribution in [1.82, 2.24) is 15.3 Å². The number of carbonyl (C=O) groups is 1. The van der Waals surface area contributed by atoms with Crippen LogP contribution in [0.15, 0.2) is 41.4 Å². The van der Waals surface area contributed by atoms with Crippen LogP contribution in [-0.4, -0.2) is 41.4 Å². The molecule has 3 aromatic rings. The Labute approximate surface area is 161 Å². The van der Waals surface area contributed by atoms with Crippen LogP contribution < -0.4 is 5.32 Å². The Morgan fingerprint density at radius 3 is 2.81 bits per heavy atom. The van der Waals surface area contributed by atoms with Crippen molar-refractivity contribution in [2.24, 2.45) is 0 Å². The monoisotopic (exact) mass is 387 g/mol. The van der Waals surface area contributed by atoms with Crippen LogP contribution >= 0.6 is 23.1 Å². The Hall–Kier alpha value is -1.96. The second kappa shape index (κ2) is 8.62. The molecule has 0 bridgehead atoms. The zero-order chi connectivity index (χ0) is 18.5. The van der Waals surface area contributed by atoms with E-state index in [0.717, 1.165) is 31.5 Å². The smallest absolute Gasteiger partial charge is 0.230 e. The van der Waals surface area contributed by atoms with Gasteiger partial charge in [0.05, 0.1) is 12.4 Å². The predicted octanol–water partition coefficient (Wildman–Crippen LogP) is 3.91. The Morgan fingerprint density at radius 1 is 1.31 bits per heavy atom. The van der Waals surface area contributed by atoms with Crippen LogP contribution in [0.25, 0.3) is 20.7 Å². The molecule has 5 nitrogen and oxygen atoms in total. The Balaban J connectivity index is 1.80. The fourth-order valence-corrected chi connectivity index (χ4v) is 4.60. The van der Waals surface area contributed by atoms with Crippen molar-refractivity contribution in [2.75, 3.05) is 19.5 Å². The largest absolute Gasteiger partial charge is 0.383 e. The molecule has 0 fully saturated rings. The van der Waals surface area contributed by atoms with E-state index in [2.05, 4.69) is 33.5 Å². The number of nitrogens with one attached hydrogen (secondary N) is 1. The zero-order valence-corrected chi connectivity index (χ0v) is 16.6. The van der Waals surface area contributed by atoms with E-state index >= 15 is 0 Å². The molecular weight excluding hydrogens is 366 g/mol. The van der Waals surface area contributed by atoms with Gasteiger partial charge >= 0.3 is 0 Å².